The van der Waals surface area contributed by atoms with Gasteiger partial charge in [-0.3, -0.25) is 0 Å². The molecule has 0 spiro atoms. The summed E-state index contributed by atoms with van der Waals surface area (Å²) >= 11 is 14.0. The van der Waals surface area contributed by atoms with Crippen molar-refractivity contribution in [1.82, 2.24) is 14.8 Å². The number of hydrogen-bond acceptors (Lipinski definition) is 4. The Labute approximate surface area is 115 Å². The van der Waals surface area contributed by atoms with E-state index in [2.05, 4.69) is 38.1 Å². The lowest BCUT2D eigenvalue weighted by molar-refractivity contribution is 0.847. The third-order valence-electron chi connectivity index (χ3n) is 1.82. The van der Waals surface area contributed by atoms with Crippen LogP contribution in [0.3, 0.4) is 0 Å². The van der Waals surface area contributed by atoms with Crippen molar-refractivity contribution in [2.75, 3.05) is 5.43 Å². The molecule has 0 saturated carbocycles. The van der Waals surface area contributed by atoms with Gasteiger partial charge in [-0.2, -0.15) is 5.10 Å². The van der Waals surface area contributed by atoms with E-state index in [-0.39, 0.29) is 0 Å². The van der Waals surface area contributed by atoms with E-state index >= 15 is 0 Å². The quantitative estimate of drug-likeness (QED) is 0.484. The van der Waals surface area contributed by atoms with E-state index in [4.69, 9.17) is 29.0 Å². The zero-order valence-corrected chi connectivity index (χ0v) is 11.5. The fourth-order valence-electron chi connectivity index (χ4n) is 1.14. The van der Waals surface area contributed by atoms with Crippen molar-refractivity contribution < 1.29 is 0 Å². The van der Waals surface area contributed by atoms with E-state index in [9.17, 15) is 0 Å². The van der Waals surface area contributed by atoms with Crippen LogP contribution in [0.1, 0.15) is 0 Å². The first kappa shape index (κ1) is 11.9. The lowest BCUT2D eigenvalue weighted by atomic mass is 10.4. The predicted octanol–water partition coefficient (Wildman–Crippen LogP) is 2.46. The van der Waals surface area contributed by atoms with Crippen molar-refractivity contribution in [2.45, 2.75) is 0 Å². The summed E-state index contributed by atoms with van der Waals surface area (Å²) in [5.74, 6) is 6.11. The predicted molar refractivity (Wildman–Crippen MR) is 71.9 cm³/mol. The average molecular weight is 370 g/mol. The SMILES string of the molecule is NNc1nc(-n2cc(I)cn2)c(Cl)cc1Cl. The van der Waals surface area contributed by atoms with Gasteiger partial charge in [0.05, 0.1) is 19.8 Å². The molecule has 0 fully saturated rings. The minimum absolute atomic E-state index is 0.353. The van der Waals surface area contributed by atoms with Gasteiger partial charge in [0, 0.05) is 6.20 Å². The van der Waals surface area contributed by atoms with Crippen molar-refractivity contribution in [1.29, 1.82) is 0 Å². The summed E-state index contributed by atoms with van der Waals surface area (Å²) in [5.41, 5.74) is 2.39. The van der Waals surface area contributed by atoms with Gasteiger partial charge in [0.2, 0.25) is 0 Å². The second kappa shape index (κ2) is 4.74. The first-order valence-corrected chi connectivity index (χ1v) is 5.98. The lowest BCUT2D eigenvalue weighted by Crippen LogP contribution is -2.11. The smallest absolute Gasteiger partial charge is 0.174 e. The van der Waals surface area contributed by atoms with Crippen molar-refractivity contribution in [3.63, 3.8) is 0 Å². The maximum Gasteiger partial charge on any atom is 0.174 e. The van der Waals surface area contributed by atoms with Crippen LogP contribution in [0.2, 0.25) is 10.0 Å². The summed E-state index contributed by atoms with van der Waals surface area (Å²) in [4.78, 5) is 4.17. The lowest BCUT2D eigenvalue weighted by Gasteiger charge is -2.07. The summed E-state index contributed by atoms with van der Waals surface area (Å²) in [6.07, 6.45) is 3.49. The second-order valence-electron chi connectivity index (χ2n) is 2.87. The molecule has 16 heavy (non-hydrogen) atoms. The summed E-state index contributed by atoms with van der Waals surface area (Å²) in [6, 6.07) is 1.56. The van der Waals surface area contributed by atoms with Crippen LogP contribution in [-0.2, 0) is 0 Å². The molecule has 0 saturated heterocycles. The van der Waals surface area contributed by atoms with E-state index in [0.29, 0.717) is 21.7 Å². The molecular weight excluding hydrogens is 364 g/mol. The number of aromatic nitrogens is 3. The van der Waals surface area contributed by atoms with Gasteiger partial charge in [-0.05, 0) is 28.7 Å². The van der Waals surface area contributed by atoms with Gasteiger partial charge in [0.1, 0.15) is 0 Å². The van der Waals surface area contributed by atoms with E-state index in [1.807, 2.05) is 0 Å². The molecule has 84 valence electrons. The monoisotopic (exact) mass is 369 g/mol. The molecule has 0 bridgehead atoms. The van der Waals surface area contributed by atoms with Crippen molar-refractivity contribution in [3.05, 3.63) is 32.1 Å². The van der Waals surface area contributed by atoms with Gasteiger partial charge in [-0.15, -0.1) is 0 Å². The molecule has 0 atom stereocenters. The zero-order valence-electron chi connectivity index (χ0n) is 7.78. The molecule has 0 radical (unpaired) electrons. The number of nitrogens with two attached hydrogens (primary N) is 1. The Kier molecular flexibility index (Phi) is 3.53. The number of halogens is 3. The van der Waals surface area contributed by atoms with Crippen LogP contribution in [0.25, 0.3) is 5.82 Å². The van der Waals surface area contributed by atoms with Crippen molar-refractivity contribution >= 4 is 51.6 Å². The molecule has 0 amide bonds. The molecule has 0 unspecified atom stereocenters. The highest BCUT2D eigenvalue weighted by Crippen LogP contribution is 2.27. The van der Waals surface area contributed by atoms with E-state index in [1.54, 1.807) is 23.1 Å². The minimum Gasteiger partial charge on any atom is -0.307 e. The first-order chi connectivity index (χ1) is 7.61. The van der Waals surface area contributed by atoms with Crippen molar-refractivity contribution in [2.24, 2.45) is 5.84 Å². The second-order valence-corrected chi connectivity index (χ2v) is 4.93. The van der Waals surface area contributed by atoms with Crippen LogP contribution in [0.5, 0.6) is 0 Å². The molecule has 8 heteroatoms. The first-order valence-electron chi connectivity index (χ1n) is 4.15. The molecule has 0 aliphatic carbocycles. The van der Waals surface area contributed by atoms with Crippen LogP contribution < -0.4 is 11.3 Å². The maximum atomic E-state index is 6.02. The Hall–Kier alpha value is -0.570. The number of anilines is 1. The molecule has 5 nitrogen and oxygen atoms in total. The number of hydrogen-bond donors (Lipinski definition) is 2. The number of hydrazine groups is 1. The standard InChI is InChI=1S/C8H6Cl2IN5/c9-5-1-6(10)8(14-7(5)15-12)16-3-4(11)2-13-16/h1-3H,12H2,(H,14,15). The number of nitrogens with zero attached hydrogens (tertiary/aromatic N) is 3. The van der Waals surface area contributed by atoms with Gasteiger partial charge in [-0.1, -0.05) is 23.2 Å². The summed E-state index contributed by atoms with van der Waals surface area (Å²) in [6.45, 7) is 0. The van der Waals surface area contributed by atoms with Crippen LogP contribution in [-0.4, -0.2) is 14.8 Å². The highest BCUT2D eigenvalue weighted by molar-refractivity contribution is 14.1. The largest absolute Gasteiger partial charge is 0.307 e. The highest BCUT2D eigenvalue weighted by Gasteiger charge is 2.11. The van der Waals surface area contributed by atoms with Gasteiger partial charge in [0.15, 0.2) is 11.6 Å². The molecule has 2 aromatic heterocycles. The molecule has 0 aliphatic rings. The van der Waals surface area contributed by atoms with E-state index in [0.717, 1.165) is 3.57 Å². The van der Waals surface area contributed by atoms with Gasteiger partial charge in [-0.25, -0.2) is 15.5 Å². The van der Waals surface area contributed by atoms with E-state index in [1.165, 1.54) is 0 Å². The topological polar surface area (TPSA) is 68.8 Å². The third kappa shape index (κ3) is 2.24. The van der Waals surface area contributed by atoms with Crippen molar-refractivity contribution in [3.8, 4) is 5.82 Å². The Balaban J connectivity index is 2.56. The molecular formula is C8H6Cl2IN5. The molecule has 2 aromatic rings. The minimum atomic E-state index is 0.353. The highest BCUT2D eigenvalue weighted by atomic mass is 127. The molecule has 0 aliphatic heterocycles. The molecule has 0 aromatic carbocycles. The Morgan fingerprint density at radius 3 is 2.69 bits per heavy atom. The fraction of sp³-hybridized carbons (Fsp3) is 0. The number of nitrogens with one attached hydrogen (secondary N) is 1. The molecule has 2 heterocycles. The summed E-state index contributed by atoms with van der Waals surface area (Å²) in [7, 11) is 0. The maximum absolute atomic E-state index is 6.02. The van der Waals surface area contributed by atoms with Gasteiger partial charge in [0.25, 0.3) is 0 Å². The van der Waals surface area contributed by atoms with Crippen LogP contribution >= 0.6 is 45.8 Å². The fourth-order valence-corrected chi connectivity index (χ4v) is 2.02. The Bertz CT molecular complexity index is 527. The number of rotatable bonds is 2. The average Bonchev–Trinajstić information content (AvgIpc) is 2.65. The summed E-state index contributed by atoms with van der Waals surface area (Å²) < 4.78 is 2.54. The Morgan fingerprint density at radius 1 is 1.38 bits per heavy atom. The van der Waals surface area contributed by atoms with Crippen LogP contribution in [0.15, 0.2) is 18.5 Å². The van der Waals surface area contributed by atoms with Gasteiger partial charge >= 0.3 is 0 Å². The summed E-state index contributed by atoms with van der Waals surface area (Å²) in [5, 5.41) is 4.87. The Morgan fingerprint density at radius 2 is 2.12 bits per heavy atom. The molecule has 3 N–H and O–H groups in total. The normalized spacial score (nSPS) is 10.5. The van der Waals surface area contributed by atoms with Gasteiger partial charge < -0.3 is 5.43 Å². The number of pyridine rings is 1. The zero-order chi connectivity index (χ0) is 11.7. The van der Waals surface area contributed by atoms with E-state index < -0.39 is 0 Å². The number of nitrogen functional groups attached to an aromatic ring is 1. The molecule has 2 rings (SSSR count). The third-order valence-corrected chi connectivity index (χ3v) is 2.94. The van der Waals surface area contributed by atoms with Crippen LogP contribution in [0, 0.1) is 3.57 Å². The van der Waals surface area contributed by atoms with Crippen LogP contribution in [0.4, 0.5) is 5.82 Å².